The topological polar surface area (TPSA) is 57.9 Å². The molecule has 0 aliphatic heterocycles. The summed E-state index contributed by atoms with van der Waals surface area (Å²) in [7, 11) is 0. The molecule has 5 rings (SSSR count). The van der Waals surface area contributed by atoms with Crippen molar-refractivity contribution >= 4 is 45.0 Å². The molecule has 4 aromatic carbocycles. The van der Waals surface area contributed by atoms with E-state index in [9.17, 15) is 4.79 Å². The van der Waals surface area contributed by atoms with E-state index in [0.29, 0.717) is 0 Å². The van der Waals surface area contributed by atoms with Crippen LogP contribution in [-0.4, -0.2) is 10.9 Å². The van der Waals surface area contributed by atoms with Crippen molar-refractivity contribution in [3.05, 3.63) is 96.6 Å². The summed E-state index contributed by atoms with van der Waals surface area (Å²) < 4.78 is 2.22. The minimum Gasteiger partial charge on any atom is -0.355 e. The van der Waals surface area contributed by atoms with Gasteiger partial charge in [0.1, 0.15) is 11.0 Å². The highest BCUT2D eigenvalue weighted by Crippen LogP contribution is 2.24. The van der Waals surface area contributed by atoms with Crippen LogP contribution < -0.4 is 15.2 Å². The number of fused-ring (bicyclic) bond motifs is 2. The van der Waals surface area contributed by atoms with E-state index in [1.807, 2.05) is 66.7 Å². The number of para-hydroxylation sites is 1. The Kier molecular flexibility index (Phi) is 5.00. The summed E-state index contributed by atoms with van der Waals surface area (Å²) in [5.74, 6) is -0.0857. The zero-order valence-corrected chi connectivity index (χ0v) is 18.0. The fraction of sp³-hybridized carbons (Fsp3) is 0.0741. The maximum Gasteiger partial charge on any atom is 0.239 e. The SMILES string of the molecule is CC(=O)Nc1ccc(-[n+]2c3cc(C)ccc3nc3ccc(Nc4ccccc4)cc32)cc1. The van der Waals surface area contributed by atoms with Gasteiger partial charge in [-0.15, -0.1) is 4.57 Å². The number of hydrogen-bond donors (Lipinski definition) is 2. The molecule has 0 aliphatic rings. The summed E-state index contributed by atoms with van der Waals surface area (Å²) in [5, 5.41) is 6.31. The van der Waals surface area contributed by atoms with Gasteiger partial charge in [0.25, 0.3) is 0 Å². The summed E-state index contributed by atoms with van der Waals surface area (Å²) in [4.78, 5) is 16.3. The van der Waals surface area contributed by atoms with Crippen molar-refractivity contribution in [2.24, 2.45) is 0 Å². The highest BCUT2D eigenvalue weighted by atomic mass is 16.1. The van der Waals surface area contributed by atoms with Crippen molar-refractivity contribution in [2.45, 2.75) is 13.8 Å². The molecule has 0 fully saturated rings. The summed E-state index contributed by atoms with van der Waals surface area (Å²) in [6.07, 6.45) is 0. The van der Waals surface area contributed by atoms with Crippen LogP contribution in [-0.2, 0) is 4.79 Å². The highest BCUT2D eigenvalue weighted by Gasteiger charge is 2.20. The number of amides is 1. The maximum atomic E-state index is 11.4. The van der Waals surface area contributed by atoms with Crippen LogP contribution >= 0.6 is 0 Å². The molecule has 0 bridgehead atoms. The Morgan fingerprint density at radius 1 is 0.750 bits per heavy atom. The van der Waals surface area contributed by atoms with E-state index in [4.69, 9.17) is 4.98 Å². The summed E-state index contributed by atoms with van der Waals surface area (Å²) >= 11 is 0. The predicted octanol–water partition coefficient (Wildman–Crippen LogP) is 5.68. The molecule has 5 nitrogen and oxygen atoms in total. The van der Waals surface area contributed by atoms with E-state index in [-0.39, 0.29) is 5.91 Å². The van der Waals surface area contributed by atoms with Gasteiger partial charge in [-0.3, -0.25) is 4.79 Å². The maximum absolute atomic E-state index is 11.4. The summed E-state index contributed by atoms with van der Waals surface area (Å²) in [6.45, 7) is 3.60. The zero-order valence-electron chi connectivity index (χ0n) is 18.0. The first-order valence-corrected chi connectivity index (χ1v) is 10.5. The van der Waals surface area contributed by atoms with Crippen LogP contribution in [0.1, 0.15) is 12.5 Å². The number of aromatic nitrogens is 2. The van der Waals surface area contributed by atoms with Gasteiger partial charge >= 0.3 is 0 Å². The van der Waals surface area contributed by atoms with Crippen molar-refractivity contribution in [1.29, 1.82) is 0 Å². The molecule has 5 aromatic rings. The predicted molar refractivity (Wildman–Crippen MR) is 130 cm³/mol. The van der Waals surface area contributed by atoms with Gasteiger partial charge in [0.15, 0.2) is 0 Å². The minimum absolute atomic E-state index is 0.0857. The lowest BCUT2D eigenvalue weighted by molar-refractivity contribution is -0.538. The first kappa shape index (κ1) is 19.7. The molecule has 1 amide bonds. The van der Waals surface area contributed by atoms with Crippen LogP contribution in [0, 0.1) is 6.92 Å². The molecule has 0 saturated carbocycles. The van der Waals surface area contributed by atoms with Gasteiger partial charge in [-0.05, 0) is 55.0 Å². The number of carbonyl (C=O) groups excluding carboxylic acids is 1. The molecular weight excluding hydrogens is 396 g/mol. The smallest absolute Gasteiger partial charge is 0.239 e. The second kappa shape index (κ2) is 8.12. The van der Waals surface area contributed by atoms with Gasteiger partial charge in [0, 0.05) is 48.3 Å². The van der Waals surface area contributed by atoms with Crippen LogP contribution in [0.3, 0.4) is 0 Å². The van der Waals surface area contributed by atoms with Gasteiger partial charge in [0.2, 0.25) is 22.6 Å². The third-order valence-electron chi connectivity index (χ3n) is 5.34. The number of rotatable bonds is 4. The molecule has 2 N–H and O–H groups in total. The number of nitrogens with zero attached hydrogens (tertiary/aromatic N) is 2. The number of nitrogens with one attached hydrogen (secondary N) is 2. The third kappa shape index (κ3) is 3.88. The Morgan fingerprint density at radius 3 is 2.12 bits per heavy atom. The monoisotopic (exact) mass is 419 g/mol. The summed E-state index contributed by atoms with van der Waals surface area (Å²) in [5.41, 5.74) is 8.82. The minimum atomic E-state index is -0.0857. The fourth-order valence-corrected chi connectivity index (χ4v) is 3.90. The fourth-order valence-electron chi connectivity index (χ4n) is 3.90. The van der Waals surface area contributed by atoms with Crippen molar-refractivity contribution in [3.63, 3.8) is 0 Å². The normalized spacial score (nSPS) is 10.9. The standard InChI is InChI=1S/C27H22N4O/c1-18-8-14-24-26(16-18)31(23-12-9-21(10-13-23)28-19(2)32)27-17-22(11-15-25(27)30-24)29-20-6-4-3-5-7-20/h3-17H,1-2H3,(H,28,32)/p+1. The average Bonchev–Trinajstić information content (AvgIpc) is 2.79. The lowest BCUT2D eigenvalue weighted by atomic mass is 10.1. The number of carbonyl (C=O) groups is 1. The van der Waals surface area contributed by atoms with Crippen molar-refractivity contribution < 1.29 is 9.36 Å². The number of anilines is 3. The van der Waals surface area contributed by atoms with Crippen LogP contribution in [0.25, 0.3) is 27.8 Å². The molecule has 1 aromatic heterocycles. The molecule has 156 valence electrons. The second-order valence-corrected chi connectivity index (χ2v) is 7.86. The summed E-state index contributed by atoms with van der Waals surface area (Å²) in [6, 6.07) is 30.5. The second-order valence-electron chi connectivity index (χ2n) is 7.86. The Bertz CT molecular complexity index is 1440. The number of hydrogen-bond acceptors (Lipinski definition) is 3. The van der Waals surface area contributed by atoms with Crippen molar-refractivity contribution in [2.75, 3.05) is 10.6 Å². The van der Waals surface area contributed by atoms with Crippen LogP contribution in [0.5, 0.6) is 0 Å². The van der Waals surface area contributed by atoms with Gasteiger partial charge in [-0.25, -0.2) is 4.98 Å². The third-order valence-corrected chi connectivity index (χ3v) is 5.34. The highest BCUT2D eigenvalue weighted by molar-refractivity contribution is 5.89. The lowest BCUT2D eigenvalue weighted by Crippen LogP contribution is -2.33. The molecule has 32 heavy (non-hydrogen) atoms. The van der Waals surface area contributed by atoms with E-state index < -0.39 is 0 Å². The number of aryl methyl sites for hydroxylation is 1. The van der Waals surface area contributed by atoms with E-state index in [1.165, 1.54) is 12.5 Å². The van der Waals surface area contributed by atoms with Crippen molar-refractivity contribution in [3.8, 4) is 5.69 Å². The molecule has 0 aliphatic carbocycles. The van der Waals surface area contributed by atoms with Crippen LogP contribution in [0.15, 0.2) is 91.0 Å². The van der Waals surface area contributed by atoms with E-state index >= 15 is 0 Å². The quantitative estimate of drug-likeness (QED) is 0.291. The Hall–Kier alpha value is -4.25. The molecule has 0 radical (unpaired) electrons. The first-order valence-electron chi connectivity index (χ1n) is 10.5. The number of benzene rings is 4. The molecule has 0 atom stereocenters. The Labute approximate surface area is 186 Å². The van der Waals surface area contributed by atoms with Crippen LogP contribution in [0.2, 0.25) is 0 Å². The lowest BCUT2D eigenvalue weighted by Gasteiger charge is -2.10. The molecule has 1 heterocycles. The Morgan fingerprint density at radius 2 is 1.41 bits per heavy atom. The van der Waals surface area contributed by atoms with Gasteiger partial charge in [0.05, 0.1) is 0 Å². The molecule has 0 unspecified atom stereocenters. The Balaban J connectivity index is 1.71. The molecular formula is C27H23N4O+. The largest absolute Gasteiger partial charge is 0.355 e. The van der Waals surface area contributed by atoms with Crippen molar-refractivity contribution in [1.82, 2.24) is 4.98 Å². The molecule has 0 spiro atoms. The van der Waals surface area contributed by atoms with Gasteiger partial charge in [-0.2, -0.15) is 0 Å². The van der Waals surface area contributed by atoms with E-state index in [0.717, 1.165) is 44.8 Å². The van der Waals surface area contributed by atoms with Crippen LogP contribution in [0.4, 0.5) is 17.1 Å². The molecule has 0 saturated heterocycles. The van der Waals surface area contributed by atoms with Gasteiger partial charge in [-0.1, -0.05) is 24.3 Å². The zero-order chi connectivity index (χ0) is 22.1. The molecule has 5 heteroatoms. The van der Waals surface area contributed by atoms with E-state index in [2.05, 4.69) is 46.4 Å². The van der Waals surface area contributed by atoms with E-state index in [1.54, 1.807) is 0 Å². The average molecular weight is 420 g/mol. The van der Waals surface area contributed by atoms with Gasteiger partial charge < -0.3 is 10.6 Å². The first-order chi connectivity index (χ1) is 15.6.